The summed E-state index contributed by atoms with van der Waals surface area (Å²) in [5, 5.41) is 2.93. The molecule has 5 heteroatoms. The number of thiophene rings is 1. The van der Waals surface area contributed by atoms with E-state index in [1.54, 1.807) is 0 Å². The molecule has 1 saturated heterocycles. The summed E-state index contributed by atoms with van der Waals surface area (Å²) in [6.45, 7) is 4.27. The van der Waals surface area contributed by atoms with Crippen molar-refractivity contribution in [1.82, 2.24) is 5.32 Å². The predicted molar refractivity (Wildman–Crippen MR) is 63.3 cm³/mol. The van der Waals surface area contributed by atoms with Gasteiger partial charge in [-0.1, -0.05) is 6.92 Å². The standard InChI is InChI=1S/C10H12BrNO2S/c1-10(5-14-6-10)4-12-9(13)7-2-3-8(11)15-7/h2-3H,4-6H2,1H3,(H,12,13). The minimum atomic E-state index is -0.00109. The second kappa shape index (κ2) is 4.23. The van der Waals surface area contributed by atoms with Crippen molar-refractivity contribution >= 4 is 33.2 Å². The van der Waals surface area contributed by atoms with Gasteiger partial charge in [-0.15, -0.1) is 11.3 Å². The molecule has 0 bridgehead atoms. The number of hydrogen-bond acceptors (Lipinski definition) is 3. The highest BCUT2D eigenvalue weighted by Gasteiger charge is 2.33. The van der Waals surface area contributed by atoms with E-state index in [1.165, 1.54) is 11.3 Å². The van der Waals surface area contributed by atoms with Crippen LogP contribution in [0.15, 0.2) is 15.9 Å². The SMILES string of the molecule is CC1(CNC(=O)c2ccc(Br)s2)COC1. The molecule has 1 aliphatic rings. The third-order valence-corrected chi connectivity index (χ3v) is 4.00. The fourth-order valence-corrected chi connectivity index (χ4v) is 2.67. The highest BCUT2D eigenvalue weighted by molar-refractivity contribution is 9.11. The molecule has 2 heterocycles. The van der Waals surface area contributed by atoms with E-state index in [1.807, 2.05) is 12.1 Å². The van der Waals surface area contributed by atoms with E-state index < -0.39 is 0 Å². The van der Waals surface area contributed by atoms with Crippen molar-refractivity contribution in [3.63, 3.8) is 0 Å². The van der Waals surface area contributed by atoms with E-state index in [-0.39, 0.29) is 11.3 Å². The largest absolute Gasteiger partial charge is 0.380 e. The number of carbonyl (C=O) groups is 1. The zero-order valence-electron chi connectivity index (χ0n) is 8.38. The summed E-state index contributed by atoms with van der Waals surface area (Å²) < 4.78 is 6.10. The maximum Gasteiger partial charge on any atom is 0.261 e. The van der Waals surface area contributed by atoms with Gasteiger partial charge in [-0.25, -0.2) is 0 Å². The summed E-state index contributed by atoms with van der Waals surface area (Å²) in [5.41, 5.74) is 0.129. The van der Waals surface area contributed by atoms with Crippen LogP contribution in [0.1, 0.15) is 16.6 Å². The molecule has 1 N–H and O–H groups in total. The molecule has 0 aliphatic carbocycles. The summed E-state index contributed by atoms with van der Waals surface area (Å²) in [5.74, 6) is -0.00109. The van der Waals surface area contributed by atoms with Crippen LogP contribution in [-0.4, -0.2) is 25.7 Å². The molecule has 0 unspecified atom stereocenters. The maximum absolute atomic E-state index is 11.7. The van der Waals surface area contributed by atoms with E-state index in [2.05, 4.69) is 28.2 Å². The van der Waals surface area contributed by atoms with Crippen molar-refractivity contribution in [3.05, 3.63) is 20.8 Å². The zero-order chi connectivity index (χ0) is 10.9. The molecule has 1 fully saturated rings. The highest BCUT2D eigenvalue weighted by Crippen LogP contribution is 2.26. The van der Waals surface area contributed by atoms with Gasteiger partial charge in [-0.2, -0.15) is 0 Å². The average molecular weight is 290 g/mol. The zero-order valence-corrected chi connectivity index (χ0v) is 10.8. The van der Waals surface area contributed by atoms with E-state index in [0.29, 0.717) is 6.54 Å². The molecule has 15 heavy (non-hydrogen) atoms. The molecule has 0 spiro atoms. The predicted octanol–water partition coefficient (Wildman–Crippen LogP) is 2.28. The normalized spacial score (nSPS) is 18.3. The Bertz CT molecular complexity index is 373. The fraction of sp³-hybridized carbons (Fsp3) is 0.500. The van der Waals surface area contributed by atoms with E-state index in [0.717, 1.165) is 21.9 Å². The van der Waals surface area contributed by atoms with Crippen LogP contribution in [-0.2, 0) is 4.74 Å². The summed E-state index contributed by atoms with van der Waals surface area (Å²) in [7, 11) is 0. The molecule has 1 aromatic rings. The molecule has 1 aliphatic heterocycles. The number of hydrogen-bond donors (Lipinski definition) is 1. The van der Waals surface area contributed by atoms with E-state index >= 15 is 0 Å². The molecular formula is C10H12BrNO2S. The topological polar surface area (TPSA) is 38.3 Å². The van der Waals surface area contributed by atoms with Crippen LogP contribution in [0.4, 0.5) is 0 Å². The Labute approximate surface area is 101 Å². The Kier molecular flexibility index (Phi) is 3.13. The Morgan fingerprint density at radius 2 is 2.40 bits per heavy atom. The number of halogens is 1. The molecule has 82 valence electrons. The van der Waals surface area contributed by atoms with Crippen molar-refractivity contribution in [3.8, 4) is 0 Å². The Balaban J connectivity index is 1.87. The summed E-state index contributed by atoms with van der Waals surface area (Å²) in [6.07, 6.45) is 0. The number of nitrogens with one attached hydrogen (secondary N) is 1. The number of ether oxygens (including phenoxy) is 1. The van der Waals surface area contributed by atoms with Crippen LogP contribution in [0.5, 0.6) is 0 Å². The van der Waals surface area contributed by atoms with Gasteiger partial charge in [-0.05, 0) is 28.1 Å². The molecule has 0 radical (unpaired) electrons. The fourth-order valence-electron chi connectivity index (χ4n) is 1.37. The Morgan fingerprint density at radius 1 is 1.67 bits per heavy atom. The van der Waals surface area contributed by atoms with Crippen LogP contribution >= 0.6 is 27.3 Å². The molecule has 1 aromatic heterocycles. The number of rotatable bonds is 3. The van der Waals surface area contributed by atoms with Gasteiger partial charge < -0.3 is 10.1 Å². The van der Waals surface area contributed by atoms with Gasteiger partial charge in [0.25, 0.3) is 5.91 Å². The molecule has 0 saturated carbocycles. The molecule has 2 rings (SSSR count). The van der Waals surface area contributed by atoms with Crippen LogP contribution in [0.3, 0.4) is 0 Å². The molecular weight excluding hydrogens is 278 g/mol. The monoisotopic (exact) mass is 289 g/mol. The third-order valence-electron chi connectivity index (χ3n) is 2.37. The average Bonchev–Trinajstić information content (AvgIpc) is 2.58. The van der Waals surface area contributed by atoms with Gasteiger partial charge in [0, 0.05) is 12.0 Å². The first kappa shape index (κ1) is 11.1. The number of amides is 1. The second-order valence-electron chi connectivity index (χ2n) is 4.09. The van der Waals surface area contributed by atoms with Gasteiger partial charge in [-0.3, -0.25) is 4.79 Å². The minimum Gasteiger partial charge on any atom is -0.380 e. The molecule has 3 nitrogen and oxygen atoms in total. The molecule has 1 amide bonds. The first-order valence-electron chi connectivity index (χ1n) is 4.70. The third kappa shape index (κ3) is 2.59. The van der Waals surface area contributed by atoms with Crippen molar-refractivity contribution < 1.29 is 9.53 Å². The lowest BCUT2D eigenvalue weighted by molar-refractivity contribution is -0.0978. The molecule has 0 atom stereocenters. The lowest BCUT2D eigenvalue weighted by Gasteiger charge is -2.37. The summed E-state index contributed by atoms with van der Waals surface area (Å²) >= 11 is 4.78. The van der Waals surface area contributed by atoms with Gasteiger partial charge in [0.15, 0.2) is 0 Å². The van der Waals surface area contributed by atoms with Crippen molar-refractivity contribution in [2.75, 3.05) is 19.8 Å². The quantitative estimate of drug-likeness (QED) is 0.927. The van der Waals surface area contributed by atoms with Gasteiger partial charge >= 0.3 is 0 Å². The summed E-state index contributed by atoms with van der Waals surface area (Å²) in [4.78, 5) is 12.4. The summed E-state index contributed by atoms with van der Waals surface area (Å²) in [6, 6.07) is 3.71. The maximum atomic E-state index is 11.7. The van der Waals surface area contributed by atoms with Crippen molar-refractivity contribution in [1.29, 1.82) is 0 Å². The lowest BCUT2D eigenvalue weighted by atomic mass is 9.89. The van der Waals surface area contributed by atoms with Gasteiger partial charge in [0.2, 0.25) is 0 Å². The van der Waals surface area contributed by atoms with Crippen molar-refractivity contribution in [2.24, 2.45) is 5.41 Å². The highest BCUT2D eigenvalue weighted by atomic mass is 79.9. The van der Waals surface area contributed by atoms with Crippen LogP contribution in [0.2, 0.25) is 0 Å². The van der Waals surface area contributed by atoms with Crippen molar-refractivity contribution in [2.45, 2.75) is 6.92 Å². The van der Waals surface area contributed by atoms with Gasteiger partial charge in [0.1, 0.15) is 0 Å². The number of carbonyl (C=O) groups excluding carboxylic acids is 1. The van der Waals surface area contributed by atoms with Crippen LogP contribution < -0.4 is 5.32 Å². The smallest absolute Gasteiger partial charge is 0.261 e. The molecule has 0 aromatic carbocycles. The van der Waals surface area contributed by atoms with E-state index in [9.17, 15) is 4.79 Å². The van der Waals surface area contributed by atoms with Crippen LogP contribution in [0.25, 0.3) is 0 Å². The van der Waals surface area contributed by atoms with Gasteiger partial charge in [0.05, 0.1) is 21.9 Å². The lowest BCUT2D eigenvalue weighted by Crippen LogP contribution is -2.48. The second-order valence-corrected chi connectivity index (χ2v) is 6.55. The first-order valence-corrected chi connectivity index (χ1v) is 6.31. The van der Waals surface area contributed by atoms with E-state index in [4.69, 9.17) is 4.74 Å². The Morgan fingerprint density at radius 3 is 2.87 bits per heavy atom. The first-order chi connectivity index (χ1) is 7.09. The minimum absolute atomic E-state index is 0.00109. The Hall–Kier alpha value is -0.390. The van der Waals surface area contributed by atoms with Crippen LogP contribution in [0, 0.1) is 5.41 Å².